The van der Waals surface area contributed by atoms with E-state index >= 15 is 0 Å². The SMILES string of the molecule is COCc1ccccc1C(O)Cc1ccc(F)cc1F. The first-order valence-corrected chi connectivity index (χ1v) is 6.30. The van der Waals surface area contributed by atoms with Crippen LogP contribution in [0.3, 0.4) is 0 Å². The van der Waals surface area contributed by atoms with Crippen LogP contribution in [0.15, 0.2) is 42.5 Å². The van der Waals surface area contributed by atoms with E-state index in [1.807, 2.05) is 12.1 Å². The summed E-state index contributed by atoms with van der Waals surface area (Å²) in [5.74, 6) is -1.27. The summed E-state index contributed by atoms with van der Waals surface area (Å²) < 4.78 is 31.5. The van der Waals surface area contributed by atoms with Crippen molar-refractivity contribution in [2.75, 3.05) is 7.11 Å². The van der Waals surface area contributed by atoms with E-state index in [1.54, 1.807) is 19.2 Å². The zero-order valence-corrected chi connectivity index (χ0v) is 11.1. The molecule has 2 rings (SSSR count). The van der Waals surface area contributed by atoms with Gasteiger partial charge in [0.25, 0.3) is 0 Å². The lowest BCUT2D eigenvalue weighted by atomic mass is 9.97. The zero-order valence-electron chi connectivity index (χ0n) is 11.1. The molecule has 1 unspecified atom stereocenters. The number of hydrogen-bond acceptors (Lipinski definition) is 2. The molecule has 0 aliphatic carbocycles. The molecule has 0 radical (unpaired) electrons. The molecule has 1 atom stereocenters. The molecule has 0 saturated carbocycles. The minimum atomic E-state index is -0.860. The summed E-state index contributed by atoms with van der Waals surface area (Å²) in [7, 11) is 1.57. The van der Waals surface area contributed by atoms with Crippen LogP contribution >= 0.6 is 0 Å². The molecule has 0 aliphatic heterocycles. The first-order chi connectivity index (χ1) is 9.61. The minimum Gasteiger partial charge on any atom is -0.388 e. The lowest BCUT2D eigenvalue weighted by Gasteiger charge is -2.15. The smallest absolute Gasteiger partial charge is 0.129 e. The Labute approximate surface area is 116 Å². The largest absolute Gasteiger partial charge is 0.388 e. The molecule has 0 heterocycles. The first-order valence-electron chi connectivity index (χ1n) is 6.30. The fourth-order valence-corrected chi connectivity index (χ4v) is 2.15. The van der Waals surface area contributed by atoms with Crippen LogP contribution in [-0.2, 0) is 17.8 Å². The molecule has 2 nitrogen and oxygen atoms in total. The lowest BCUT2D eigenvalue weighted by Crippen LogP contribution is -2.07. The van der Waals surface area contributed by atoms with Gasteiger partial charge in [-0.25, -0.2) is 8.78 Å². The Morgan fingerprint density at radius 1 is 1.10 bits per heavy atom. The summed E-state index contributed by atoms with van der Waals surface area (Å²) in [5, 5.41) is 10.3. The normalized spacial score (nSPS) is 12.4. The van der Waals surface area contributed by atoms with Crippen LogP contribution in [0.5, 0.6) is 0 Å². The predicted molar refractivity (Wildman–Crippen MR) is 72.2 cm³/mol. The Hall–Kier alpha value is -1.78. The summed E-state index contributed by atoms with van der Waals surface area (Å²) in [4.78, 5) is 0. The third kappa shape index (κ3) is 3.40. The van der Waals surface area contributed by atoms with Crippen molar-refractivity contribution in [3.63, 3.8) is 0 Å². The standard InChI is InChI=1S/C16H16F2O2/c1-20-10-12-4-2-3-5-14(12)16(19)8-11-6-7-13(17)9-15(11)18/h2-7,9,16,19H,8,10H2,1H3. The monoisotopic (exact) mass is 278 g/mol. The van der Waals surface area contributed by atoms with Crippen molar-refractivity contribution in [1.29, 1.82) is 0 Å². The number of ether oxygens (including phenoxy) is 1. The molecular weight excluding hydrogens is 262 g/mol. The van der Waals surface area contributed by atoms with Crippen LogP contribution in [0.25, 0.3) is 0 Å². The Morgan fingerprint density at radius 2 is 1.85 bits per heavy atom. The van der Waals surface area contributed by atoms with Gasteiger partial charge in [-0.15, -0.1) is 0 Å². The Bertz CT molecular complexity index is 584. The highest BCUT2D eigenvalue weighted by Crippen LogP contribution is 2.24. The quantitative estimate of drug-likeness (QED) is 0.908. The van der Waals surface area contributed by atoms with E-state index in [4.69, 9.17) is 4.74 Å². The maximum Gasteiger partial charge on any atom is 0.129 e. The van der Waals surface area contributed by atoms with Crippen molar-refractivity contribution in [2.45, 2.75) is 19.1 Å². The van der Waals surface area contributed by atoms with Gasteiger partial charge in [-0.05, 0) is 22.8 Å². The van der Waals surface area contributed by atoms with E-state index in [-0.39, 0.29) is 12.0 Å². The molecule has 0 amide bonds. The number of benzene rings is 2. The van der Waals surface area contributed by atoms with Crippen LogP contribution in [-0.4, -0.2) is 12.2 Å². The molecule has 1 N–H and O–H groups in total. The highest BCUT2D eigenvalue weighted by atomic mass is 19.1. The first kappa shape index (κ1) is 14.6. The van der Waals surface area contributed by atoms with Gasteiger partial charge in [-0.1, -0.05) is 30.3 Å². The second-order valence-electron chi connectivity index (χ2n) is 4.59. The number of methoxy groups -OCH3 is 1. The van der Waals surface area contributed by atoms with Crippen LogP contribution in [0.1, 0.15) is 22.8 Å². The molecule has 0 spiro atoms. The van der Waals surface area contributed by atoms with Crippen molar-refractivity contribution >= 4 is 0 Å². The predicted octanol–water partition coefficient (Wildman–Crippen LogP) is 3.39. The van der Waals surface area contributed by atoms with Gasteiger partial charge in [0.2, 0.25) is 0 Å². The third-order valence-corrected chi connectivity index (χ3v) is 3.14. The van der Waals surface area contributed by atoms with Gasteiger partial charge < -0.3 is 9.84 Å². The molecule has 0 bridgehead atoms. The fourth-order valence-electron chi connectivity index (χ4n) is 2.15. The van der Waals surface area contributed by atoms with Gasteiger partial charge in [0.1, 0.15) is 11.6 Å². The molecular formula is C16H16F2O2. The van der Waals surface area contributed by atoms with E-state index in [9.17, 15) is 13.9 Å². The summed E-state index contributed by atoms with van der Waals surface area (Å²) in [6.07, 6.45) is -0.770. The molecule has 0 fully saturated rings. The summed E-state index contributed by atoms with van der Waals surface area (Å²) in [6, 6.07) is 10.6. The van der Waals surface area contributed by atoms with Crippen LogP contribution < -0.4 is 0 Å². The Morgan fingerprint density at radius 3 is 2.55 bits per heavy atom. The molecule has 106 valence electrons. The average Bonchev–Trinajstić information content (AvgIpc) is 2.43. The minimum absolute atomic E-state index is 0.0901. The van der Waals surface area contributed by atoms with Crippen molar-refractivity contribution in [2.24, 2.45) is 0 Å². The van der Waals surface area contributed by atoms with Crippen molar-refractivity contribution < 1.29 is 18.6 Å². The molecule has 0 saturated heterocycles. The van der Waals surface area contributed by atoms with E-state index in [0.29, 0.717) is 12.2 Å². The molecule has 2 aromatic carbocycles. The maximum absolute atomic E-state index is 13.6. The fraction of sp³-hybridized carbons (Fsp3) is 0.250. The second kappa shape index (κ2) is 6.59. The summed E-state index contributed by atoms with van der Waals surface area (Å²) in [6.45, 7) is 0.374. The Balaban J connectivity index is 2.21. The summed E-state index contributed by atoms with van der Waals surface area (Å²) in [5.41, 5.74) is 1.83. The molecule has 0 aliphatic rings. The van der Waals surface area contributed by atoms with Gasteiger partial charge in [-0.2, -0.15) is 0 Å². The van der Waals surface area contributed by atoms with Gasteiger partial charge in [0.15, 0.2) is 0 Å². The topological polar surface area (TPSA) is 29.5 Å². The number of aliphatic hydroxyl groups is 1. The van der Waals surface area contributed by atoms with Gasteiger partial charge in [0.05, 0.1) is 12.7 Å². The number of halogens is 2. The number of aliphatic hydroxyl groups excluding tert-OH is 1. The summed E-state index contributed by atoms with van der Waals surface area (Å²) >= 11 is 0. The second-order valence-corrected chi connectivity index (χ2v) is 4.59. The van der Waals surface area contributed by atoms with Gasteiger partial charge >= 0.3 is 0 Å². The average molecular weight is 278 g/mol. The number of hydrogen-bond donors (Lipinski definition) is 1. The maximum atomic E-state index is 13.6. The molecule has 20 heavy (non-hydrogen) atoms. The van der Waals surface area contributed by atoms with Gasteiger partial charge in [0, 0.05) is 19.6 Å². The highest BCUT2D eigenvalue weighted by molar-refractivity contribution is 5.30. The van der Waals surface area contributed by atoms with Crippen LogP contribution in [0.2, 0.25) is 0 Å². The third-order valence-electron chi connectivity index (χ3n) is 3.14. The van der Waals surface area contributed by atoms with Crippen molar-refractivity contribution in [3.8, 4) is 0 Å². The van der Waals surface area contributed by atoms with Crippen molar-refractivity contribution in [1.82, 2.24) is 0 Å². The van der Waals surface area contributed by atoms with Crippen molar-refractivity contribution in [3.05, 3.63) is 70.8 Å². The highest BCUT2D eigenvalue weighted by Gasteiger charge is 2.15. The zero-order chi connectivity index (χ0) is 14.5. The van der Waals surface area contributed by atoms with Gasteiger partial charge in [-0.3, -0.25) is 0 Å². The Kier molecular flexibility index (Phi) is 4.82. The van der Waals surface area contributed by atoms with Crippen LogP contribution in [0.4, 0.5) is 8.78 Å². The molecule has 4 heteroatoms. The van der Waals surface area contributed by atoms with E-state index < -0.39 is 17.7 Å². The van der Waals surface area contributed by atoms with E-state index in [0.717, 1.165) is 11.6 Å². The van der Waals surface area contributed by atoms with Crippen LogP contribution in [0, 0.1) is 11.6 Å². The van der Waals surface area contributed by atoms with E-state index in [1.165, 1.54) is 12.1 Å². The lowest BCUT2D eigenvalue weighted by molar-refractivity contribution is 0.161. The number of rotatable bonds is 5. The molecule has 2 aromatic rings. The van der Waals surface area contributed by atoms with E-state index in [2.05, 4.69) is 0 Å². The molecule has 0 aromatic heterocycles.